The molecule has 0 aliphatic carbocycles. The fourth-order valence-corrected chi connectivity index (χ4v) is 2.92. The zero-order valence-corrected chi connectivity index (χ0v) is 13.9. The quantitative estimate of drug-likeness (QED) is 0.692. The van der Waals surface area contributed by atoms with Crippen molar-refractivity contribution in [2.45, 2.75) is 20.8 Å². The summed E-state index contributed by atoms with van der Waals surface area (Å²) in [5.74, 6) is 0.644. The SMILES string of the molecule is CC(=O)c1ccc(-n2c(C)nc(=O)c(-c3ccccc3)c2C)cc1. The predicted octanol–water partition coefficient (Wildman–Crippen LogP) is 3.72. The first-order chi connectivity index (χ1) is 11.5. The normalized spacial score (nSPS) is 10.6. The van der Waals surface area contributed by atoms with Gasteiger partial charge in [0.25, 0.3) is 5.56 Å². The van der Waals surface area contributed by atoms with Crippen molar-refractivity contribution in [3.05, 3.63) is 82.0 Å². The van der Waals surface area contributed by atoms with Crippen LogP contribution in [0.4, 0.5) is 0 Å². The zero-order chi connectivity index (χ0) is 17.3. The van der Waals surface area contributed by atoms with E-state index in [-0.39, 0.29) is 11.3 Å². The fourth-order valence-electron chi connectivity index (χ4n) is 2.92. The van der Waals surface area contributed by atoms with Crippen LogP contribution >= 0.6 is 0 Å². The van der Waals surface area contributed by atoms with Crippen LogP contribution in [0.1, 0.15) is 28.8 Å². The Bertz CT molecular complexity index is 955. The smallest absolute Gasteiger partial charge is 0.281 e. The van der Waals surface area contributed by atoms with Crippen molar-refractivity contribution in [2.24, 2.45) is 0 Å². The van der Waals surface area contributed by atoms with E-state index in [1.54, 1.807) is 19.1 Å². The molecule has 4 heteroatoms. The van der Waals surface area contributed by atoms with E-state index in [0.717, 1.165) is 16.9 Å². The third-order valence-electron chi connectivity index (χ3n) is 4.09. The molecule has 1 aromatic heterocycles. The predicted molar refractivity (Wildman–Crippen MR) is 94.7 cm³/mol. The summed E-state index contributed by atoms with van der Waals surface area (Å²) in [6.45, 7) is 5.26. The number of ketones is 1. The molecule has 0 spiro atoms. The minimum absolute atomic E-state index is 0.0259. The van der Waals surface area contributed by atoms with Gasteiger partial charge in [-0.15, -0.1) is 0 Å². The number of hydrogen-bond donors (Lipinski definition) is 0. The molecule has 24 heavy (non-hydrogen) atoms. The van der Waals surface area contributed by atoms with Crippen molar-refractivity contribution in [1.29, 1.82) is 0 Å². The number of carbonyl (C=O) groups excluding carboxylic acids is 1. The van der Waals surface area contributed by atoms with Crippen LogP contribution in [0.2, 0.25) is 0 Å². The van der Waals surface area contributed by atoms with Crippen LogP contribution in [0, 0.1) is 13.8 Å². The topological polar surface area (TPSA) is 52.0 Å². The number of aromatic nitrogens is 2. The van der Waals surface area contributed by atoms with E-state index in [1.165, 1.54) is 0 Å². The van der Waals surface area contributed by atoms with E-state index < -0.39 is 0 Å². The fraction of sp³-hybridized carbons (Fsp3) is 0.150. The summed E-state index contributed by atoms with van der Waals surface area (Å²) in [5, 5.41) is 0. The lowest BCUT2D eigenvalue weighted by Gasteiger charge is -2.17. The van der Waals surface area contributed by atoms with E-state index in [0.29, 0.717) is 17.0 Å². The second kappa shape index (κ2) is 6.24. The number of carbonyl (C=O) groups is 1. The van der Waals surface area contributed by atoms with Gasteiger partial charge in [-0.3, -0.25) is 9.59 Å². The van der Waals surface area contributed by atoms with Crippen molar-refractivity contribution in [3.63, 3.8) is 0 Å². The van der Waals surface area contributed by atoms with E-state index >= 15 is 0 Å². The lowest BCUT2D eigenvalue weighted by Crippen LogP contribution is -2.20. The highest BCUT2D eigenvalue weighted by atomic mass is 16.1. The van der Waals surface area contributed by atoms with Crippen molar-refractivity contribution >= 4 is 5.78 Å². The van der Waals surface area contributed by atoms with Crippen LogP contribution in [0.5, 0.6) is 0 Å². The Labute approximate surface area is 140 Å². The minimum Gasteiger partial charge on any atom is -0.302 e. The van der Waals surface area contributed by atoms with E-state index in [4.69, 9.17) is 0 Å². The molecule has 0 fully saturated rings. The van der Waals surface area contributed by atoms with Gasteiger partial charge in [-0.1, -0.05) is 30.3 Å². The Morgan fingerprint density at radius 2 is 1.58 bits per heavy atom. The van der Waals surface area contributed by atoms with Gasteiger partial charge in [-0.05, 0) is 50.6 Å². The van der Waals surface area contributed by atoms with Gasteiger partial charge >= 0.3 is 0 Å². The number of hydrogen-bond acceptors (Lipinski definition) is 3. The molecule has 0 saturated heterocycles. The number of nitrogens with zero attached hydrogens (tertiary/aromatic N) is 2. The van der Waals surface area contributed by atoms with Crippen LogP contribution in [0.3, 0.4) is 0 Å². The molecule has 120 valence electrons. The Morgan fingerprint density at radius 3 is 2.17 bits per heavy atom. The molecular formula is C20H18N2O2. The van der Waals surface area contributed by atoms with Crippen LogP contribution < -0.4 is 5.56 Å². The lowest BCUT2D eigenvalue weighted by molar-refractivity contribution is 0.101. The zero-order valence-electron chi connectivity index (χ0n) is 13.9. The molecule has 0 amide bonds. The molecule has 4 nitrogen and oxygen atoms in total. The van der Waals surface area contributed by atoms with Gasteiger partial charge in [-0.25, -0.2) is 0 Å². The molecule has 0 aliphatic rings. The van der Waals surface area contributed by atoms with Gasteiger partial charge in [0.15, 0.2) is 5.78 Å². The van der Waals surface area contributed by atoms with Crippen molar-refractivity contribution in [1.82, 2.24) is 9.55 Å². The monoisotopic (exact) mass is 318 g/mol. The summed E-state index contributed by atoms with van der Waals surface area (Å²) in [5.41, 5.74) is 3.58. The maximum absolute atomic E-state index is 12.4. The van der Waals surface area contributed by atoms with Crippen LogP contribution in [0.15, 0.2) is 59.4 Å². The first kappa shape index (κ1) is 15.9. The molecule has 0 N–H and O–H groups in total. The molecule has 2 aromatic carbocycles. The van der Waals surface area contributed by atoms with E-state index in [2.05, 4.69) is 4.98 Å². The Morgan fingerprint density at radius 1 is 0.958 bits per heavy atom. The first-order valence-corrected chi connectivity index (χ1v) is 7.76. The maximum atomic E-state index is 12.4. The highest BCUT2D eigenvalue weighted by Crippen LogP contribution is 2.22. The highest BCUT2D eigenvalue weighted by Gasteiger charge is 2.14. The van der Waals surface area contributed by atoms with Gasteiger partial charge < -0.3 is 4.57 Å². The van der Waals surface area contributed by atoms with Crippen LogP contribution in [-0.4, -0.2) is 15.3 Å². The number of rotatable bonds is 3. The molecule has 1 heterocycles. The third-order valence-corrected chi connectivity index (χ3v) is 4.09. The maximum Gasteiger partial charge on any atom is 0.281 e. The van der Waals surface area contributed by atoms with Crippen molar-refractivity contribution < 1.29 is 4.79 Å². The third kappa shape index (κ3) is 2.78. The largest absolute Gasteiger partial charge is 0.302 e. The summed E-state index contributed by atoms with van der Waals surface area (Å²) in [6.07, 6.45) is 0. The van der Waals surface area contributed by atoms with Gasteiger partial charge in [0.2, 0.25) is 0 Å². The summed E-state index contributed by atoms with van der Waals surface area (Å²) < 4.78 is 1.94. The molecule has 3 aromatic rings. The second-order valence-electron chi connectivity index (χ2n) is 5.73. The number of Topliss-reactive ketones (excluding diaryl/α,β-unsaturated/α-hetero) is 1. The first-order valence-electron chi connectivity index (χ1n) is 7.76. The molecule has 3 rings (SSSR count). The van der Waals surface area contributed by atoms with E-state index in [1.807, 2.05) is 60.9 Å². The molecule has 0 aliphatic heterocycles. The summed E-state index contributed by atoms with van der Waals surface area (Å²) in [7, 11) is 0. The Kier molecular flexibility index (Phi) is 4.13. The lowest BCUT2D eigenvalue weighted by atomic mass is 10.1. The summed E-state index contributed by atoms with van der Waals surface area (Å²) in [6, 6.07) is 16.9. The minimum atomic E-state index is -0.229. The van der Waals surface area contributed by atoms with Gasteiger partial charge in [0.1, 0.15) is 5.82 Å². The molecule has 0 atom stereocenters. The van der Waals surface area contributed by atoms with Gasteiger partial charge in [0, 0.05) is 16.9 Å². The van der Waals surface area contributed by atoms with Crippen molar-refractivity contribution in [3.8, 4) is 16.8 Å². The number of aryl methyl sites for hydroxylation is 1. The molecule has 0 saturated carbocycles. The molecule has 0 bridgehead atoms. The summed E-state index contributed by atoms with van der Waals surface area (Å²) in [4.78, 5) is 28.1. The average Bonchev–Trinajstić information content (AvgIpc) is 2.56. The second-order valence-corrected chi connectivity index (χ2v) is 5.73. The standard InChI is InChI=1S/C20H18N2O2/c1-13-19(17-7-5-4-6-8-17)20(24)21-15(3)22(13)18-11-9-16(10-12-18)14(2)23/h4-12H,1-3H3. The molecule has 0 unspecified atom stereocenters. The van der Waals surface area contributed by atoms with Crippen LogP contribution in [0.25, 0.3) is 16.8 Å². The highest BCUT2D eigenvalue weighted by molar-refractivity contribution is 5.94. The Balaban J connectivity index is 2.22. The Hall–Kier alpha value is -3.01. The molecular weight excluding hydrogens is 300 g/mol. The van der Waals surface area contributed by atoms with Gasteiger partial charge in [0.05, 0.1) is 5.56 Å². The molecule has 0 radical (unpaired) electrons. The van der Waals surface area contributed by atoms with E-state index in [9.17, 15) is 9.59 Å². The van der Waals surface area contributed by atoms with Gasteiger partial charge in [-0.2, -0.15) is 4.98 Å². The summed E-state index contributed by atoms with van der Waals surface area (Å²) >= 11 is 0. The van der Waals surface area contributed by atoms with Crippen LogP contribution in [-0.2, 0) is 0 Å². The number of benzene rings is 2. The average molecular weight is 318 g/mol. The van der Waals surface area contributed by atoms with Crippen molar-refractivity contribution in [2.75, 3.05) is 0 Å².